The number of carbonyl (C=O) groups excluding carboxylic acids is 1. The van der Waals surface area contributed by atoms with E-state index >= 15 is 0 Å². The molecule has 14 heavy (non-hydrogen) atoms. The Labute approximate surface area is 84.6 Å². The van der Waals surface area contributed by atoms with Crippen LogP contribution in [0.2, 0.25) is 0 Å². The highest BCUT2D eigenvalue weighted by Crippen LogP contribution is 2.24. The van der Waals surface area contributed by atoms with Crippen LogP contribution in [0, 0.1) is 6.92 Å². The number of thiophene rings is 1. The fourth-order valence-electron chi connectivity index (χ4n) is 1.02. The lowest BCUT2D eigenvalue weighted by Gasteiger charge is -1.82. The number of carbonyl (C=O) groups is 1. The van der Waals surface area contributed by atoms with Crippen molar-refractivity contribution in [3.05, 3.63) is 22.9 Å². The Morgan fingerprint density at radius 1 is 1.50 bits per heavy atom. The average molecular weight is 208 g/mol. The van der Waals surface area contributed by atoms with Crippen LogP contribution in [0.3, 0.4) is 0 Å². The molecule has 2 rings (SSSR count). The second-order valence-corrected chi connectivity index (χ2v) is 4.18. The first-order valence-electron chi connectivity index (χ1n) is 4.08. The Morgan fingerprint density at radius 2 is 2.29 bits per heavy atom. The van der Waals surface area contributed by atoms with Crippen molar-refractivity contribution < 1.29 is 9.32 Å². The summed E-state index contributed by atoms with van der Waals surface area (Å²) in [4.78, 5) is 17.0. The smallest absolute Gasteiger partial charge is 0.294 e. The SMILES string of the molecule is CC(=O)c1nc(-c2ccc(C)s2)no1. The summed E-state index contributed by atoms with van der Waals surface area (Å²) >= 11 is 1.57. The van der Waals surface area contributed by atoms with Gasteiger partial charge in [0.15, 0.2) is 0 Å². The van der Waals surface area contributed by atoms with Crippen LogP contribution in [-0.4, -0.2) is 15.9 Å². The standard InChI is InChI=1S/C9H8N2O2S/c1-5-3-4-7(14-5)8-10-9(6(2)12)13-11-8/h3-4H,1-2H3. The molecule has 0 N–H and O–H groups in total. The molecule has 0 aliphatic rings. The highest BCUT2D eigenvalue weighted by molar-refractivity contribution is 7.15. The Morgan fingerprint density at radius 3 is 2.79 bits per heavy atom. The van der Waals surface area contributed by atoms with Crippen LogP contribution in [0.25, 0.3) is 10.7 Å². The Balaban J connectivity index is 2.38. The summed E-state index contributed by atoms with van der Waals surface area (Å²) in [5.41, 5.74) is 0. The lowest BCUT2D eigenvalue weighted by atomic mass is 10.4. The van der Waals surface area contributed by atoms with Gasteiger partial charge in [-0.05, 0) is 19.1 Å². The van der Waals surface area contributed by atoms with Gasteiger partial charge in [0, 0.05) is 11.8 Å². The summed E-state index contributed by atoms with van der Waals surface area (Å²) in [6.07, 6.45) is 0. The number of aryl methyl sites for hydroxylation is 1. The van der Waals surface area contributed by atoms with Gasteiger partial charge in [0.05, 0.1) is 4.88 Å². The van der Waals surface area contributed by atoms with Gasteiger partial charge < -0.3 is 4.52 Å². The number of hydrogen-bond donors (Lipinski definition) is 0. The molecule has 2 heterocycles. The predicted octanol–water partition coefficient (Wildman–Crippen LogP) is 2.31. The monoisotopic (exact) mass is 208 g/mol. The van der Waals surface area contributed by atoms with Crippen LogP contribution in [0.5, 0.6) is 0 Å². The summed E-state index contributed by atoms with van der Waals surface area (Å²) in [6, 6.07) is 3.89. The van der Waals surface area contributed by atoms with E-state index in [0.29, 0.717) is 5.82 Å². The molecule has 0 radical (unpaired) electrons. The van der Waals surface area contributed by atoms with Crippen molar-refractivity contribution in [2.24, 2.45) is 0 Å². The van der Waals surface area contributed by atoms with E-state index in [4.69, 9.17) is 4.52 Å². The van der Waals surface area contributed by atoms with Crippen molar-refractivity contribution >= 4 is 17.1 Å². The van der Waals surface area contributed by atoms with E-state index in [1.807, 2.05) is 19.1 Å². The molecule has 72 valence electrons. The number of Topliss-reactive ketones (excluding diaryl/α,β-unsaturated/α-hetero) is 1. The maximum Gasteiger partial charge on any atom is 0.294 e. The van der Waals surface area contributed by atoms with Crippen LogP contribution in [0.15, 0.2) is 16.7 Å². The fourth-order valence-corrected chi connectivity index (χ4v) is 1.81. The van der Waals surface area contributed by atoms with Gasteiger partial charge in [-0.3, -0.25) is 4.79 Å². The van der Waals surface area contributed by atoms with Gasteiger partial charge in [-0.15, -0.1) is 11.3 Å². The molecule has 0 saturated carbocycles. The van der Waals surface area contributed by atoms with Crippen LogP contribution in [0.4, 0.5) is 0 Å². The van der Waals surface area contributed by atoms with Gasteiger partial charge in [-0.25, -0.2) is 0 Å². The van der Waals surface area contributed by atoms with Gasteiger partial charge >= 0.3 is 0 Å². The maximum absolute atomic E-state index is 10.9. The van der Waals surface area contributed by atoms with Crippen LogP contribution >= 0.6 is 11.3 Å². The molecule has 0 bridgehead atoms. The minimum absolute atomic E-state index is 0.0612. The molecule has 0 aliphatic heterocycles. The number of aromatic nitrogens is 2. The van der Waals surface area contributed by atoms with Crippen molar-refractivity contribution in [2.75, 3.05) is 0 Å². The fraction of sp³-hybridized carbons (Fsp3) is 0.222. The number of hydrogen-bond acceptors (Lipinski definition) is 5. The lowest BCUT2D eigenvalue weighted by molar-refractivity contribution is 0.0972. The first-order chi connectivity index (χ1) is 6.66. The van der Waals surface area contributed by atoms with Gasteiger partial charge in [0.1, 0.15) is 0 Å². The second-order valence-electron chi connectivity index (χ2n) is 2.89. The minimum Gasteiger partial charge on any atom is -0.330 e. The maximum atomic E-state index is 10.9. The molecule has 0 aliphatic carbocycles. The molecule has 0 atom stereocenters. The highest BCUT2D eigenvalue weighted by Gasteiger charge is 2.12. The summed E-state index contributed by atoms with van der Waals surface area (Å²) in [5.74, 6) is 0.330. The number of ketones is 1. The molecule has 5 heteroatoms. The summed E-state index contributed by atoms with van der Waals surface area (Å²) < 4.78 is 4.79. The van der Waals surface area contributed by atoms with Crippen molar-refractivity contribution in [1.82, 2.24) is 10.1 Å². The topological polar surface area (TPSA) is 56.0 Å². The second kappa shape index (κ2) is 3.34. The Hall–Kier alpha value is -1.49. The van der Waals surface area contributed by atoms with Crippen LogP contribution < -0.4 is 0 Å². The van der Waals surface area contributed by atoms with Crippen LogP contribution in [-0.2, 0) is 0 Å². The van der Waals surface area contributed by atoms with E-state index < -0.39 is 0 Å². The van der Waals surface area contributed by atoms with Crippen molar-refractivity contribution in [3.8, 4) is 10.7 Å². The summed E-state index contributed by atoms with van der Waals surface area (Å²) in [6.45, 7) is 3.40. The van der Waals surface area contributed by atoms with E-state index in [-0.39, 0.29) is 11.7 Å². The number of rotatable bonds is 2. The molecular formula is C9H8N2O2S. The van der Waals surface area contributed by atoms with Gasteiger partial charge in [0.2, 0.25) is 11.6 Å². The molecule has 0 unspecified atom stereocenters. The third-order valence-electron chi connectivity index (χ3n) is 1.69. The number of nitrogens with zero attached hydrogens (tertiary/aromatic N) is 2. The molecule has 0 amide bonds. The first kappa shape index (κ1) is 9.08. The summed E-state index contributed by atoms with van der Waals surface area (Å²) in [7, 11) is 0. The molecule has 2 aromatic heterocycles. The molecule has 0 saturated heterocycles. The van der Waals surface area contributed by atoms with E-state index in [1.54, 1.807) is 11.3 Å². The Kier molecular flexibility index (Phi) is 2.17. The van der Waals surface area contributed by atoms with Crippen molar-refractivity contribution in [3.63, 3.8) is 0 Å². The van der Waals surface area contributed by atoms with Gasteiger partial charge in [0.25, 0.3) is 5.89 Å². The largest absolute Gasteiger partial charge is 0.330 e. The van der Waals surface area contributed by atoms with Crippen LogP contribution in [0.1, 0.15) is 22.5 Å². The van der Waals surface area contributed by atoms with Gasteiger partial charge in [-0.1, -0.05) is 5.16 Å². The Bertz CT molecular complexity index is 473. The molecular weight excluding hydrogens is 200 g/mol. The average Bonchev–Trinajstić information content (AvgIpc) is 2.70. The zero-order chi connectivity index (χ0) is 10.1. The molecule has 0 fully saturated rings. The third-order valence-corrected chi connectivity index (χ3v) is 2.68. The first-order valence-corrected chi connectivity index (χ1v) is 4.90. The zero-order valence-corrected chi connectivity index (χ0v) is 8.59. The van der Waals surface area contributed by atoms with E-state index in [1.165, 1.54) is 11.8 Å². The van der Waals surface area contributed by atoms with E-state index in [2.05, 4.69) is 10.1 Å². The van der Waals surface area contributed by atoms with E-state index in [0.717, 1.165) is 4.88 Å². The zero-order valence-electron chi connectivity index (χ0n) is 7.77. The lowest BCUT2D eigenvalue weighted by Crippen LogP contribution is -1.90. The van der Waals surface area contributed by atoms with Gasteiger partial charge in [-0.2, -0.15) is 4.98 Å². The minimum atomic E-state index is -0.211. The predicted molar refractivity (Wildman–Crippen MR) is 52.4 cm³/mol. The molecule has 0 spiro atoms. The van der Waals surface area contributed by atoms with Crippen molar-refractivity contribution in [2.45, 2.75) is 13.8 Å². The molecule has 4 nitrogen and oxygen atoms in total. The highest BCUT2D eigenvalue weighted by atomic mass is 32.1. The summed E-state index contributed by atoms with van der Waals surface area (Å²) in [5, 5.41) is 3.72. The normalized spacial score (nSPS) is 10.4. The van der Waals surface area contributed by atoms with Crippen molar-refractivity contribution in [1.29, 1.82) is 0 Å². The molecule has 2 aromatic rings. The molecule has 0 aromatic carbocycles. The van der Waals surface area contributed by atoms with E-state index in [9.17, 15) is 4.79 Å². The third kappa shape index (κ3) is 1.58. The quantitative estimate of drug-likeness (QED) is 0.710.